The molecule has 3 aromatic rings. The molecule has 1 fully saturated rings. The van der Waals surface area contributed by atoms with E-state index in [9.17, 15) is 14.7 Å². The van der Waals surface area contributed by atoms with Crippen molar-refractivity contribution in [1.82, 2.24) is 0 Å². The lowest BCUT2D eigenvalue weighted by Crippen LogP contribution is -2.29. The molecular weight excluding hydrogens is 457 g/mol. The number of ether oxygens (including phenoxy) is 1. The van der Waals surface area contributed by atoms with Crippen molar-refractivity contribution < 1.29 is 23.8 Å². The molecule has 0 radical (unpaired) electrons. The maximum absolute atomic E-state index is 15.1. The molecule has 1 N–H and O–H groups in total. The zero-order valence-electron chi connectivity index (χ0n) is 21.1. The predicted molar refractivity (Wildman–Crippen MR) is 139 cm³/mol. The lowest BCUT2D eigenvalue weighted by Gasteiger charge is -2.26. The number of hydrogen-bond acceptors (Lipinski definition) is 4. The molecule has 1 atom stereocenters. The van der Waals surface area contributed by atoms with Gasteiger partial charge in [0, 0.05) is 22.4 Å². The van der Waals surface area contributed by atoms with E-state index in [-0.39, 0.29) is 22.3 Å². The number of benzene rings is 3. The van der Waals surface area contributed by atoms with Gasteiger partial charge in [0.2, 0.25) is 0 Å². The fourth-order valence-corrected chi connectivity index (χ4v) is 4.50. The summed E-state index contributed by atoms with van der Waals surface area (Å²) in [6.45, 7) is 10.3. The molecule has 3 aromatic carbocycles. The van der Waals surface area contributed by atoms with Gasteiger partial charge in [0.05, 0.1) is 18.2 Å². The van der Waals surface area contributed by atoms with Crippen LogP contribution in [0, 0.1) is 12.7 Å². The number of amides is 1. The van der Waals surface area contributed by atoms with Crippen molar-refractivity contribution in [3.63, 3.8) is 0 Å². The minimum Gasteiger partial charge on any atom is -0.507 e. The highest BCUT2D eigenvalue weighted by Gasteiger charge is 2.47. The Morgan fingerprint density at radius 2 is 1.69 bits per heavy atom. The zero-order valence-corrected chi connectivity index (χ0v) is 21.1. The van der Waals surface area contributed by atoms with Gasteiger partial charge in [-0.2, -0.15) is 0 Å². The fraction of sp³-hybridized carbons (Fsp3) is 0.267. The molecule has 4 rings (SSSR count). The number of ketones is 1. The molecule has 1 amide bonds. The van der Waals surface area contributed by atoms with Crippen molar-refractivity contribution in [2.24, 2.45) is 0 Å². The summed E-state index contributed by atoms with van der Waals surface area (Å²) in [5, 5.41) is 11.5. The second-order valence-corrected chi connectivity index (χ2v) is 9.92. The van der Waals surface area contributed by atoms with Gasteiger partial charge in [-0.1, -0.05) is 56.7 Å². The Morgan fingerprint density at radius 1 is 1.03 bits per heavy atom. The van der Waals surface area contributed by atoms with E-state index in [2.05, 4.69) is 0 Å². The lowest BCUT2D eigenvalue weighted by atomic mass is 9.84. The van der Waals surface area contributed by atoms with Gasteiger partial charge in [-0.25, -0.2) is 4.39 Å². The standard InChI is InChI=1S/C30H30FNO4/c1-6-36-24-16-13-19(17-22(24)30(3,4)5)27(33)25-26(21-9-7-8-10-23(21)31)32(29(35)28(25)34)20-14-11-18(2)12-15-20/h7-17,26,33H,6H2,1-5H3/b27-25+. The van der Waals surface area contributed by atoms with Crippen LogP contribution in [0.2, 0.25) is 0 Å². The number of aryl methyl sites for hydroxylation is 1. The van der Waals surface area contributed by atoms with E-state index in [1.807, 2.05) is 46.8 Å². The number of nitrogens with zero attached hydrogens (tertiary/aromatic N) is 1. The fourth-order valence-electron chi connectivity index (χ4n) is 4.50. The Balaban J connectivity index is 1.96. The number of carbonyl (C=O) groups is 2. The van der Waals surface area contributed by atoms with Crippen LogP contribution >= 0.6 is 0 Å². The molecule has 0 spiro atoms. The maximum atomic E-state index is 15.1. The van der Waals surface area contributed by atoms with Crippen molar-refractivity contribution in [3.8, 4) is 5.75 Å². The molecule has 0 bridgehead atoms. The molecule has 6 heteroatoms. The quantitative estimate of drug-likeness (QED) is 0.255. The summed E-state index contributed by atoms with van der Waals surface area (Å²) in [5.74, 6) is -1.95. The summed E-state index contributed by atoms with van der Waals surface area (Å²) < 4.78 is 20.9. The maximum Gasteiger partial charge on any atom is 0.300 e. The third-order valence-corrected chi connectivity index (χ3v) is 6.32. The summed E-state index contributed by atoms with van der Waals surface area (Å²) in [5.41, 5.74) is 2.25. The van der Waals surface area contributed by atoms with Crippen molar-refractivity contribution >= 4 is 23.1 Å². The van der Waals surface area contributed by atoms with Gasteiger partial charge in [0.1, 0.15) is 17.3 Å². The first-order valence-electron chi connectivity index (χ1n) is 11.9. The average Bonchev–Trinajstić information content (AvgIpc) is 3.09. The summed E-state index contributed by atoms with van der Waals surface area (Å²) in [7, 11) is 0. The van der Waals surface area contributed by atoms with Gasteiger partial charge in [-0.05, 0) is 55.7 Å². The molecule has 1 aliphatic heterocycles. The third kappa shape index (κ3) is 4.51. The monoisotopic (exact) mass is 487 g/mol. The lowest BCUT2D eigenvalue weighted by molar-refractivity contribution is -0.132. The van der Waals surface area contributed by atoms with Crippen LogP contribution in [-0.2, 0) is 15.0 Å². The number of Topliss-reactive ketones (excluding diaryl/α,β-unsaturated/α-hetero) is 1. The number of rotatable bonds is 5. The Labute approximate surface area is 210 Å². The van der Waals surface area contributed by atoms with Gasteiger partial charge in [-0.15, -0.1) is 0 Å². The molecule has 0 aromatic heterocycles. The van der Waals surface area contributed by atoms with Crippen LogP contribution < -0.4 is 9.64 Å². The number of carbonyl (C=O) groups excluding carboxylic acids is 2. The Bertz CT molecular complexity index is 1350. The number of halogens is 1. The van der Waals surface area contributed by atoms with E-state index in [0.29, 0.717) is 23.6 Å². The predicted octanol–water partition coefficient (Wildman–Crippen LogP) is 6.46. The van der Waals surface area contributed by atoms with Crippen LogP contribution in [0.5, 0.6) is 5.75 Å². The normalized spacial score (nSPS) is 17.5. The van der Waals surface area contributed by atoms with E-state index < -0.39 is 23.5 Å². The van der Waals surface area contributed by atoms with E-state index in [0.717, 1.165) is 11.1 Å². The van der Waals surface area contributed by atoms with Crippen LogP contribution in [0.15, 0.2) is 72.3 Å². The number of hydrogen-bond donors (Lipinski definition) is 1. The highest BCUT2D eigenvalue weighted by Crippen LogP contribution is 2.43. The summed E-state index contributed by atoms with van der Waals surface area (Å²) in [4.78, 5) is 27.9. The van der Waals surface area contributed by atoms with Gasteiger partial charge in [0.25, 0.3) is 11.7 Å². The van der Waals surface area contributed by atoms with Crippen molar-refractivity contribution in [2.45, 2.75) is 46.1 Å². The summed E-state index contributed by atoms with van der Waals surface area (Å²) in [6, 6.07) is 17.1. The zero-order chi connectivity index (χ0) is 26.2. The first-order chi connectivity index (χ1) is 17.0. The Kier molecular flexibility index (Phi) is 6.72. The van der Waals surface area contributed by atoms with Crippen LogP contribution in [0.3, 0.4) is 0 Å². The second kappa shape index (κ2) is 9.61. The van der Waals surface area contributed by atoms with Crippen molar-refractivity contribution in [3.05, 3.63) is 100 Å². The van der Waals surface area contributed by atoms with Gasteiger partial charge in [-0.3, -0.25) is 14.5 Å². The SMILES string of the molecule is CCOc1ccc(/C(O)=C2\C(=O)C(=O)N(c3ccc(C)cc3)C2c2ccccc2F)cc1C(C)(C)C. The highest BCUT2D eigenvalue weighted by atomic mass is 19.1. The minimum absolute atomic E-state index is 0.126. The molecular formula is C30H30FNO4. The summed E-state index contributed by atoms with van der Waals surface area (Å²) >= 11 is 0. The number of aliphatic hydroxyl groups excluding tert-OH is 1. The van der Waals surface area contributed by atoms with Crippen LogP contribution in [0.4, 0.5) is 10.1 Å². The molecule has 1 saturated heterocycles. The van der Waals surface area contributed by atoms with E-state index in [1.165, 1.54) is 17.0 Å². The van der Waals surface area contributed by atoms with Crippen molar-refractivity contribution in [2.75, 3.05) is 11.5 Å². The largest absolute Gasteiger partial charge is 0.507 e. The average molecular weight is 488 g/mol. The molecule has 1 heterocycles. The number of anilines is 1. The molecule has 5 nitrogen and oxygen atoms in total. The molecule has 186 valence electrons. The van der Waals surface area contributed by atoms with Crippen LogP contribution in [0.1, 0.15) is 56.0 Å². The second-order valence-electron chi connectivity index (χ2n) is 9.92. The van der Waals surface area contributed by atoms with Crippen LogP contribution in [0.25, 0.3) is 5.76 Å². The van der Waals surface area contributed by atoms with E-state index in [1.54, 1.807) is 42.5 Å². The first-order valence-corrected chi connectivity index (χ1v) is 11.9. The van der Waals surface area contributed by atoms with Gasteiger partial charge >= 0.3 is 0 Å². The van der Waals surface area contributed by atoms with Gasteiger partial charge < -0.3 is 9.84 Å². The summed E-state index contributed by atoms with van der Waals surface area (Å²) in [6.07, 6.45) is 0. The molecule has 36 heavy (non-hydrogen) atoms. The Morgan fingerprint density at radius 3 is 2.31 bits per heavy atom. The topological polar surface area (TPSA) is 66.8 Å². The van der Waals surface area contributed by atoms with E-state index in [4.69, 9.17) is 4.74 Å². The molecule has 0 aliphatic carbocycles. The highest BCUT2D eigenvalue weighted by molar-refractivity contribution is 6.51. The van der Waals surface area contributed by atoms with Crippen LogP contribution in [-0.4, -0.2) is 23.4 Å². The molecule has 1 unspecified atom stereocenters. The molecule has 0 saturated carbocycles. The molecule has 1 aliphatic rings. The number of aliphatic hydroxyl groups is 1. The first kappa shape index (κ1) is 25.2. The Hall–Kier alpha value is -3.93. The van der Waals surface area contributed by atoms with E-state index >= 15 is 4.39 Å². The van der Waals surface area contributed by atoms with Gasteiger partial charge in [0.15, 0.2) is 0 Å². The minimum atomic E-state index is -1.13. The third-order valence-electron chi connectivity index (χ3n) is 6.32. The smallest absolute Gasteiger partial charge is 0.300 e. The van der Waals surface area contributed by atoms with Crippen molar-refractivity contribution in [1.29, 1.82) is 0 Å².